The summed E-state index contributed by atoms with van der Waals surface area (Å²) in [6.45, 7) is 4.08. The van der Waals surface area contributed by atoms with Crippen LogP contribution in [0, 0.1) is 12.8 Å². The van der Waals surface area contributed by atoms with E-state index in [1.165, 1.54) is 0 Å². The predicted octanol–water partition coefficient (Wildman–Crippen LogP) is 3.96. The largest absolute Gasteiger partial charge is 0.450 e. The van der Waals surface area contributed by atoms with Crippen LogP contribution in [-0.4, -0.2) is 24.9 Å². The van der Waals surface area contributed by atoms with Gasteiger partial charge in [-0.3, -0.25) is 4.79 Å². The van der Waals surface area contributed by atoms with Gasteiger partial charge in [0.1, 0.15) is 0 Å². The van der Waals surface area contributed by atoms with Crippen molar-refractivity contribution in [2.75, 3.05) is 6.61 Å². The Bertz CT molecular complexity index is 510. The van der Waals surface area contributed by atoms with E-state index in [1.54, 1.807) is 31.2 Å². The van der Waals surface area contributed by atoms with Crippen LogP contribution in [0.3, 0.4) is 0 Å². The summed E-state index contributed by atoms with van der Waals surface area (Å²) < 4.78 is 49.4. The number of alkyl halides is 3. The van der Waals surface area contributed by atoms with Crippen molar-refractivity contribution in [3.05, 3.63) is 35.4 Å². The zero-order chi connectivity index (χ0) is 16.3. The van der Waals surface area contributed by atoms with E-state index in [-0.39, 0.29) is 12.8 Å². The second-order valence-corrected chi connectivity index (χ2v) is 5.40. The Kier molecular flexibility index (Phi) is 5.24. The zero-order valence-electron chi connectivity index (χ0n) is 12.5. The number of hydrogen-bond donors (Lipinski definition) is 0. The van der Waals surface area contributed by atoms with Crippen LogP contribution in [0.4, 0.5) is 13.2 Å². The van der Waals surface area contributed by atoms with Crippen LogP contribution in [-0.2, 0) is 14.3 Å². The van der Waals surface area contributed by atoms with E-state index in [2.05, 4.69) is 0 Å². The van der Waals surface area contributed by atoms with Gasteiger partial charge in [0.25, 0.3) is 0 Å². The monoisotopic (exact) mass is 316 g/mol. The summed E-state index contributed by atoms with van der Waals surface area (Å²) in [4.78, 5) is 11.7. The molecule has 0 amide bonds. The molecule has 3 nitrogen and oxygen atoms in total. The molecule has 1 fully saturated rings. The maximum atomic E-state index is 12.8. The first-order chi connectivity index (χ1) is 10.3. The van der Waals surface area contributed by atoms with Crippen molar-refractivity contribution in [2.45, 2.75) is 45.3 Å². The highest BCUT2D eigenvalue weighted by molar-refractivity contribution is 5.87. The van der Waals surface area contributed by atoms with Gasteiger partial charge in [0, 0.05) is 6.61 Å². The summed E-state index contributed by atoms with van der Waals surface area (Å²) in [5.74, 6) is -2.95. The lowest BCUT2D eigenvalue weighted by atomic mass is 9.85. The maximum absolute atomic E-state index is 12.8. The summed E-state index contributed by atoms with van der Waals surface area (Å²) >= 11 is 0. The van der Waals surface area contributed by atoms with Crippen LogP contribution >= 0.6 is 0 Å². The van der Waals surface area contributed by atoms with E-state index in [4.69, 9.17) is 9.47 Å². The Morgan fingerprint density at radius 1 is 1.27 bits per heavy atom. The van der Waals surface area contributed by atoms with Gasteiger partial charge >= 0.3 is 6.18 Å². The molecule has 1 aromatic carbocycles. The normalized spacial score (nSPS) is 26.0. The van der Waals surface area contributed by atoms with Crippen molar-refractivity contribution in [3.63, 3.8) is 0 Å². The van der Waals surface area contributed by atoms with Crippen LogP contribution in [0.1, 0.15) is 37.0 Å². The molecule has 2 rings (SSSR count). The van der Waals surface area contributed by atoms with Crippen molar-refractivity contribution < 1.29 is 27.4 Å². The number of Topliss-reactive ketones (excluding diaryl/α,β-unsaturated/α-hetero) is 1. The molecule has 0 unspecified atom stereocenters. The molecule has 6 heteroatoms. The van der Waals surface area contributed by atoms with Crippen LogP contribution in [0.5, 0.6) is 0 Å². The van der Waals surface area contributed by atoms with Crippen molar-refractivity contribution in [3.8, 4) is 0 Å². The number of carbonyl (C=O) groups excluding carboxylic acids is 1. The number of rotatable bonds is 4. The molecule has 1 aliphatic rings. The molecule has 0 aliphatic carbocycles. The van der Waals surface area contributed by atoms with Gasteiger partial charge in [0.2, 0.25) is 5.78 Å². The number of benzene rings is 1. The molecule has 0 saturated carbocycles. The molecule has 0 spiro atoms. The lowest BCUT2D eigenvalue weighted by molar-refractivity contribution is -0.222. The summed E-state index contributed by atoms with van der Waals surface area (Å²) in [6.07, 6.45) is -5.98. The lowest BCUT2D eigenvalue weighted by Crippen LogP contribution is -2.40. The summed E-state index contributed by atoms with van der Waals surface area (Å²) in [5.41, 5.74) is 1.55. The number of ketones is 1. The van der Waals surface area contributed by atoms with E-state index >= 15 is 0 Å². The second kappa shape index (κ2) is 6.79. The minimum Gasteiger partial charge on any atom is -0.353 e. The van der Waals surface area contributed by atoms with Gasteiger partial charge in [-0.15, -0.1) is 0 Å². The molecule has 0 aromatic heterocycles. The van der Waals surface area contributed by atoms with Gasteiger partial charge in [-0.1, -0.05) is 29.8 Å². The highest BCUT2D eigenvalue weighted by Crippen LogP contribution is 2.40. The number of halogens is 3. The quantitative estimate of drug-likeness (QED) is 0.843. The van der Waals surface area contributed by atoms with E-state index in [0.717, 1.165) is 5.56 Å². The van der Waals surface area contributed by atoms with E-state index in [9.17, 15) is 18.0 Å². The Morgan fingerprint density at radius 2 is 1.91 bits per heavy atom. The molecule has 22 heavy (non-hydrogen) atoms. The molecule has 3 atom stereocenters. The molecule has 1 aliphatic heterocycles. The van der Waals surface area contributed by atoms with E-state index < -0.39 is 30.3 Å². The molecule has 1 aromatic rings. The maximum Gasteiger partial charge on any atom is 0.450 e. The third-order valence-electron chi connectivity index (χ3n) is 3.75. The average Bonchev–Trinajstić information content (AvgIpc) is 2.47. The number of carbonyl (C=O) groups is 1. The van der Waals surface area contributed by atoms with Crippen molar-refractivity contribution in [1.29, 1.82) is 0 Å². The van der Waals surface area contributed by atoms with Gasteiger partial charge < -0.3 is 9.47 Å². The van der Waals surface area contributed by atoms with Gasteiger partial charge in [0.05, 0.1) is 12.0 Å². The van der Waals surface area contributed by atoms with Crippen molar-refractivity contribution in [1.82, 2.24) is 0 Å². The van der Waals surface area contributed by atoms with Gasteiger partial charge in [-0.2, -0.15) is 13.2 Å². The van der Waals surface area contributed by atoms with Crippen LogP contribution < -0.4 is 0 Å². The number of aryl methyl sites for hydroxylation is 1. The van der Waals surface area contributed by atoms with Crippen LogP contribution in [0.25, 0.3) is 0 Å². The van der Waals surface area contributed by atoms with Crippen molar-refractivity contribution in [2.24, 2.45) is 5.92 Å². The Balaban J connectivity index is 2.27. The fourth-order valence-corrected chi connectivity index (χ4v) is 2.65. The molecule has 1 heterocycles. The summed E-state index contributed by atoms with van der Waals surface area (Å²) in [7, 11) is 0. The van der Waals surface area contributed by atoms with Crippen molar-refractivity contribution >= 4 is 5.78 Å². The Hall–Kier alpha value is -1.40. The SMILES string of the molecule is CCO[C@@H]1CC[C@@H](C(=O)C(F)(F)F)[C@@H](c2ccc(C)cc2)O1. The highest BCUT2D eigenvalue weighted by Gasteiger charge is 2.48. The molecule has 0 radical (unpaired) electrons. The minimum atomic E-state index is -4.85. The predicted molar refractivity (Wildman–Crippen MR) is 74.2 cm³/mol. The molecular formula is C16H19F3O3. The van der Waals surface area contributed by atoms with Crippen LogP contribution in [0.15, 0.2) is 24.3 Å². The smallest absolute Gasteiger partial charge is 0.353 e. The molecule has 0 bridgehead atoms. The first kappa shape index (κ1) is 17.0. The summed E-state index contributed by atoms with van der Waals surface area (Å²) in [5, 5.41) is 0. The van der Waals surface area contributed by atoms with Gasteiger partial charge in [0.15, 0.2) is 6.29 Å². The summed E-state index contributed by atoms with van der Waals surface area (Å²) in [6, 6.07) is 6.98. The molecule has 122 valence electrons. The molecular weight excluding hydrogens is 297 g/mol. The zero-order valence-corrected chi connectivity index (χ0v) is 12.5. The first-order valence-electron chi connectivity index (χ1n) is 7.27. The third kappa shape index (κ3) is 3.87. The van der Waals surface area contributed by atoms with E-state index in [0.29, 0.717) is 12.2 Å². The standard InChI is InChI=1S/C16H19F3O3/c1-3-21-13-9-8-12(15(20)16(17,18)19)14(22-13)11-6-4-10(2)5-7-11/h4-7,12-14H,3,8-9H2,1-2H3/t12-,13+,14-/m1/s1. The minimum absolute atomic E-state index is 0.0988. The van der Waals surface area contributed by atoms with Gasteiger partial charge in [-0.25, -0.2) is 0 Å². The second-order valence-electron chi connectivity index (χ2n) is 5.40. The average molecular weight is 316 g/mol. The van der Waals surface area contributed by atoms with Gasteiger partial charge in [-0.05, 0) is 32.3 Å². The topological polar surface area (TPSA) is 35.5 Å². The van der Waals surface area contributed by atoms with Crippen LogP contribution in [0.2, 0.25) is 0 Å². The Morgan fingerprint density at radius 3 is 2.45 bits per heavy atom. The molecule has 1 saturated heterocycles. The number of hydrogen-bond acceptors (Lipinski definition) is 3. The Labute approximate surface area is 127 Å². The number of ether oxygens (including phenoxy) is 2. The highest BCUT2D eigenvalue weighted by atomic mass is 19.4. The fourth-order valence-electron chi connectivity index (χ4n) is 2.65. The fraction of sp³-hybridized carbons (Fsp3) is 0.562. The molecule has 0 N–H and O–H groups in total. The third-order valence-corrected chi connectivity index (χ3v) is 3.75. The lowest BCUT2D eigenvalue weighted by Gasteiger charge is -2.36. The van der Waals surface area contributed by atoms with E-state index in [1.807, 2.05) is 6.92 Å². The first-order valence-corrected chi connectivity index (χ1v) is 7.27.